The maximum Gasteiger partial charge on any atom is 0.257 e. The van der Waals surface area contributed by atoms with Gasteiger partial charge in [0, 0.05) is 31.2 Å². The van der Waals surface area contributed by atoms with Crippen LogP contribution >= 0.6 is 0 Å². The maximum atomic E-state index is 13.0. The monoisotopic (exact) mass is 387 g/mol. The van der Waals surface area contributed by atoms with Crippen molar-refractivity contribution in [2.75, 3.05) is 19.0 Å². The van der Waals surface area contributed by atoms with Crippen LogP contribution in [0.3, 0.4) is 0 Å². The molecule has 29 heavy (non-hydrogen) atoms. The van der Waals surface area contributed by atoms with Gasteiger partial charge in [-0.25, -0.2) is 0 Å². The number of aromatic nitrogens is 1. The van der Waals surface area contributed by atoms with Gasteiger partial charge in [-0.2, -0.15) is 0 Å². The van der Waals surface area contributed by atoms with E-state index in [1.54, 1.807) is 42.3 Å². The zero-order chi connectivity index (χ0) is 20.2. The number of nitrogens with zero attached hydrogens (tertiary/aromatic N) is 2. The van der Waals surface area contributed by atoms with E-state index in [2.05, 4.69) is 16.4 Å². The summed E-state index contributed by atoms with van der Waals surface area (Å²) in [6.45, 7) is 1.22. The summed E-state index contributed by atoms with van der Waals surface area (Å²) in [5.41, 5.74) is 3.83. The lowest BCUT2D eigenvalue weighted by Gasteiger charge is -2.28. The molecule has 0 unspecified atom stereocenters. The zero-order valence-electron chi connectivity index (χ0n) is 16.1. The number of carbonyl (C=O) groups excluding carboxylic acids is 2. The normalized spacial score (nSPS) is 12.8. The Labute approximate surface area is 169 Å². The topological polar surface area (TPSA) is 71.5 Å². The fourth-order valence-corrected chi connectivity index (χ4v) is 3.41. The average Bonchev–Trinajstić information content (AvgIpc) is 2.79. The standard InChI is InChI=1S/C23H21N3O3/c1-29-21-8-6-20(7-9-21)25-22(27)18-12-19(14-24-13-18)23(28)26-11-10-16-4-2-3-5-17(16)15-26/h2-9,12-14H,10-11,15H2,1H3,(H,25,27). The summed E-state index contributed by atoms with van der Waals surface area (Å²) in [6, 6.07) is 16.8. The summed E-state index contributed by atoms with van der Waals surface area (Å²) in [4.78, 5) is 31.4. The van der Waals surface area contributed by atoms with Crippen molar-refractivity contribution in [3.05, 3.63) is 89.2 Å². The number of anilines is 1. The van der Waals surface area contributed by atoms with Crippen LogP contribution in [0.1, 0.15) is 31.8 Å². The average molecular weight is 387 g/mol. The van der Waals surface area contributed by atoms with Gasteiger partial charge in [0.15, 0.2) is 0 Å². The molecule has 1 aliphatic rings. The maximum absolute atomic E-state index is 13.0. The number of fused-ring (bicyclic) bond motifs is 1. The van der Waals surface area contributed by atoms with Gasteiger partial charge >= 0.3 is 0 Å². The van der Waals surface area contributed by atoms with Gasteiger partial charge in [0.1, 0.15) is 5.75 Å². The molecule has 6 heteroatoms. The van der Waals surface area contributed by atoms with Crippen LogP contribution in [-0.4, -0.2) is 35.4 Å². The third-order valence-corrected chi connectivity index (χ3v) is 5.01. The van der Waals surface area contributed by atoms with E-state index in [0.29, 0.717) is 35.7 Å². The van der Waals surface area contributed by atoms with Crippen molar-refractivity contribution in [1.82, 2.24) is 9.88 Å². The molecule has 146 valence electrons. The molecule has 4 rings (SSSR count). The predicted octanol–water partition coefficient (Wildman–Crippen LogP) is 3.54. The lowest BCUT2D eigenvalue weighted by molar-refractivity contribution is 0.0734. The highest BCUT2D eigenvalue weighted by molar-refractivity contribution is 6.05. The number of rotatable bonds is 4. The van der Waals surface area contributed by atoms with Gasteiger partial charge in [-0.1, -0.05) is 24.3 Å². The van der Waals surface area contributed by atoms with E-state index in [4.69, 9.17) is 4.74 Å². The van der Waals surface area contributed by atoms with Crippen molar-refractivity contribution in [3.8, 4) is 5.75 Å². The van der Waals surface area contributed by atoms with E-state index in [0.717, 1.165) is 12.0 Å². The van der Waals surface area contributed by atoms with Crippen LogP contribution in [0.15, 0.2) is 67.0 Å². The van der Waals surface area contributed by atoms with E-state index in [-0.39, 0.29) is 11.8 Å². The number of nitrogens with one attached hydrogen (secondary N) is 1. The Hall–Kier alpha value is -3.67. The molecular formula is C23H21N3O3. The fourth-order valence-electron chi connectivity index (χ4n) is 3.41. The Morgan fingerprint density at radius 3 is 2.48 bits per heavy atom. The smallest absolute Gasteiger partial charge is 0.257 e. The second kappa shape index (κ2) is 8.14. The van der Waals surface area contributed by atoms with Crippen LogP contribution in [0.25, 0.3) is 0 Å². The van der Waals surface area contributed by atoms with Gasteiger partial charge in [-0.05, 0) is 47.9 Å². The first-order chi connectivity index (χ1) is 14.1. The molecule has 0 saturated carbocycles. The summed E-state index contributed by atoms with van der Waals surface area (Å²) in [7, 11) is 1.59. The number of hydrogen-bond acceptors (Lipinski definition) is 4. The predicted molar refractivity (Wildman–Crippen MR) is 110 cm³/mol. The van der Waals surface area contributed by atoms with Crippen molar-refractivity contribution in [1.29, 1.82) is 0 Å². The van der Waals surface area contributed by atoms with Crippen LogP contribution in [0.2, 0.25) is 0 Å². The molecular weight excluding hydrogens is 366 g/mol. The third-order valence-electron chi connectivity index (χ3n) is 5.01. The highest BCUT2D eigenvalue weighted by atomic mass is 16.5. The lowest BCUT2D eigenvalue weighted by atomic mass is 9.99. The van der Waals surface area contributed by atoms with E-state index >= 15 is 0 Å². The van der Waals surface area contributed by atoms with Crippen molar-refractivity contribution in [2.24, 2.45) is 0 Å². The Bertz CT molecular complexity index is 1050. The number of carbonyl (C=O) groups is 2. The van der Waals surface area contributed by atoms with Crippen molar-refractivity contribution < 1.29 is 14.3 Å². The third kappa shape index (κ3) is 4.11. The number of ether oxygens (including phenoxy) is 1. The Kier molecular flexibility index (Phi) is 5.24. The number of amides is 2. The molecule has 0 radical (unpaired) electrons. The largest absolute Gasteiger partial charge is 0.497 e. The lowest BCUT2D eigenvalue weighted by Crippen LogP contribution is -2.36. The molecule has 2 heterocycles. The fraction of sp³-hybridized carbons (Fsp3) is 0.174. The Balaban J connectivity index is 1.48. The van der Waals surface area contributed by atoms with E-state index in [9.17, 15) is 9.59 Å². The van der Waals surface area contributed by atoms with Crippen LogP contribution in [0, 0.1) is 0 Å². The first kappa shape index (κ1) is 18.7. The molecule has 0 saturated heterocycles. The molecule has 1 aromatic heterocycles. The first-order valence-corrected chi connectivity index (χ1v) is 9.40. The van der Waals surface area contributed by atoms with Gasteiger partial charge in [0.25, 0.3) is 11.8 Å². The van der Waals surface area contributed by atoms with Gasteiger partial charge in [0.2, 0.25) is 0 Å². The van der Waals surface area contributed by atoms with Gasteiger partial charge in [-0.3, -0.25) is 14.6 Å². The minimum atomic E-state index is -0.318. The Morgan fingerprint density at radius 2 is 1.72 bits per heavy atom. The minimum Gasteiger partial charge on any atom is -0.497 e. The minimum absolute atomic E-state index is 0.119. The molecule has 0 fully saturated rings. The molecule has 2 aromatic carbocycles. The summed E-state index contributed by atoms with van der Waals surface area (Å²) >= 11 is 0. The molecule has 6 nitrogen and oxygen atoms in total. The summed E-state index contributed by atoms with van der Waals surface area (Å²) in [5.74, 6) is 0.271. The van der Waals surface area contributed by atoms with Crippen molar-refractivity contribution in [3.63, 3.8) is 0 Å². The Morgan fingerprint density at radius 1 is 1.00 bits per heavy atom. The summed E-state index contributed by atoms with van der Waals surface area (Å²) < 4.78 is 5.12. The highest BCUT2D eigenvalue weighted by Crippen LogP contribution is 2.21. The van der Waals surface area contributed by atoms with Crippen molar-refractivity contribution >= 4 is 17.5 Å². The molecule has 0 bridgehead atoms. The summed E-state index contributed by atoms with van der Waals surface area (Å²) in [6.07, 6.45) is 3.79. The molecule has 3 aromatic rings. The number of pyridine rings is 1. The van der Waals surface area contributed by atoms with Crippen molar-refractivity contribution in [2.45, 2.75) is 13.0 Å². The van der Waals surface area contributed by atoms with E-state index in [1.165, 1.54) is 18.0 Å². The molecule has 0 aliphatic carbocycles. The van der Waals surface area contributed by atoms with Crippen LogP contribution in [-0.2, 0) is 13.0 Å². The molecule has 0 atom stereocenters. The van der Waals surface area contributed by atoms with Crippen LogP contribution in [0.4, 0.5) is 5.69 Å². The zero-order valence-corrected chi connectivity index (χ0v) is 16.1. The second-order valence-corrected chi connectivity index (χ2v) is 6.89. The first-order valence-electron chi connectivity index (χ1n) is 9.40. The summed E-state index contributed by atoms with van der Waals surface area (Å²) in [5, 5.41) is 2.81. The quantitative estimate of drug-likeness (QED) is 0.743. The molecule has 0 spiro atoms. The number of benzene rings is 2. The van der Waals surface area contributed by atoms with Crippen LogP contribution in [0.5, 0.6) is 5.75 Å². The second-order valence-electron chi connectivity index (χ2n) is 6.89. The number of hydrogen-bond donors (Lipinski definition) is 1. The van der Waals surface area contributed by atoms with Gasteiger partial charge in [0.05, 0.1) is 18.2 Å². The van der Waals surface area contributed by atoms with Gasteiger partial charge < -0.3 is 15.0 Å². The number of methoxy groups -OCH3 is 1. The van der Waals surface area contributed by atoms with Crippen LogP contribution < -0.4 is 10.1 Å². The molecule has 1 N–H and O–H groups in total. The van der Waals surface area contributed by atoms with E-state index < -0.39 is 0 Å². The van der Waals surface area contributed by atoms with E-state index in [1.807, 2.05) is 18.2 Å². The SMILES string of the molecule is COc1ccc(NC(=O)c2cncc(C(=O)N3CCc4ccccc4C3)c2)cc1. The molecule has 2 amide bonds. The molecule has 1 aliphatic heterocycles. The highest BCUT2D eigenvalue weighted by Gasteiger charge is 2.22. The van der Waals surface area contributed by atoms with Gasteiger partial charge in [-0.15, -0.1) is 0 Å².